The number of aromatic nitrogens is 5. The summed E-state index contributed by atoms with van der Waals surface area (Å²) in [6.45, 7) is 0. The van der Waals surface area contributed by atoms with E-state index in [1.165, 1.54) is 6.20 Å². The van der Waals surface area contributed by atoms with Crippen molar-refractivity contribution in [3.63, 3.8) is 0 Å². The van der Waals surface area contributed by atoms with Crippen LogP contribution in [0.25, 0.3) is 5.69 Å². The lowest BCUT2D eigenvalue weighted by molar-refractivity contribution is 0.102. The quantitative estimate of drug-likeness (QED) is 0.736. The summed E-state index contributed by atoms with van der Waals surface area (Å²) in [4.78, 5) is 15.8. The number of benzene rings is 1. The number of rotatable bonds is 3. The molecule has 1 aromatic carbocycles. The van der Waals surface area contributed by atoms with E-state index < -0.39 is 0 Å². The van der Waals surface area contributed by atoms with Gasteiger partial charge < -0.3 is 9.88 Å². The van der Waals surface area contributed by atoms with Gasteiger partial charge in [-0.15, -0.1) is 0 Å². The highest BCUT2D eigenvalue weighted by molar-refractivity contribution is 6.02. The Kier molecular flexibility index (Phi) is 2.77. The summed E-state index contributed by atoms with van der Waals surface area (Å²) in [7, 11) is 0. The first-order valence-corrected chi connectivity index (χ1v) is 5.58. The minimum atomic E-state index is -0.309. The third kappa shape index (κ3) is 2.34. The molecule has 7 nitrogen and oxygen atoms in total. The first kappa shape index (κ1) is 11.1. The average molecular weight is 254 g/mol. The fraction of sp³-hybridized carbons (Fsp3) is 0. The Bertz CT molecular complexity index is 674. The van der Waals surface area contributed by atoms with Crippen LogP contribution in [0.1, 0.15) is 10.5 Å². The molecular weight excluding hydrogens is 244 g/mol. The Morgan fingerprint density at radius 1 is 1.37 bits per heavy atom. The predicted octanol–water partition coefficient (Wildman–Crippen LogP) is 1.24. The van der Waals surface area contributed by atoms with Gasteiger partial charge >= 0.3 is 0 Å². The van der Waals surface area contributed by atoms with Crippen molar-refractivity contribution in [2.75, 3.05) is 5.32 Å². The molecule has 2 aromatic heterocycles. The van der Waals surface area contributed by atoms with E-state index in [0.29, 0.717) is 5.69 Å². The second-order valence-corrected chi connectivity index (χ2v) is 3.83. The van der Waals surface area contributed by atoms with Crippen LogP contribution in [0.3, 0.4) is 0 Å². The van der Waals surface area contributed by atoms with Crippen LogP contribution < -0.4 is 5.32 Å². The molecule has 0 fully saturated rings. The Balaban J connectivity index is 1.82. The van der Waals surface area contributed by atoms with E-state index in [9.17, 15) is 4.79 Å². The molecule has 1 amide bonds. The third-order valence-electron chi connectivity index (χ3n) is 2.55. The number of nitrogens with one attached hydrogen (secondary N) is 2. The van der Waals surface area contributed by atoms with Gasteiger partial charge in [-0.1, -0.05) is 6.07 Å². The molecule has 2 N–H and O–H groups in total. The number of anilines is 1. The van der Waals surface area contributed by atoms with Gasteiger partial charge in [0.05, 0.1) is 12.5 Å². The van der Waals surface area contributed by atoms with Gasteiger partial charge in [0.2, 0.25) is 0 Å². The molecule has 0 saturated carbocycles. The number of imidazole rings is 1. The van der Waals surface area contributed by atoms with Gasteiger partial charge in [-0.25, -0.2) is 4.98 Å². The monoisotopic (exact) mass is 254 g/mol. The number of carbonyl (C=O) groups is 1. The van der Waals surface area contributed by atoms with Crippen molar-refractivity contribution in [1.82, 2.24) is 25.0 Å². The maximum atomic E-state index is 11.8. The molecule has 0 unspecified atom stereocenters. The molecule has 0 aliphatic carbocycles. The molecule has 3 aromatic rings. The zero-order chi connectivity index (χ0) is 13.1. The highest BCUT2D eigenvalue weighted by atomic mass is 16.2. The van der Waals surface area contributed by atoms with Crippen molar-refractivity contribution in [2.24, 2.45) is 0 Å². The maximum absolute atomic E-state index is 11.8. The first-order chi connectivity index (χ1) is 9.33. The maximum Gasteiger partial charge on any atom is 0.277 e. The van der Waals surface area contributed by atoms with Crippen LogP contribution in [0, 0.1) is 0 Å². The molecule has 2 heterocycles. The van der Waals surface area contributed by atoms with Gasteiger partial charge in [-0.2, -0.15) is 15.4 Å². The molecule has 0 aliphatic rings. The van der Waals surface area contributed by atoms with E-state index >= 15 is 0 Å². The molecule has 0 atom stereocenters. The van der Waals surface area contributed by atoms with Crippen molar-refractivity contribution < 1.29 is 4.79 Å². The summed E-state index contributed by atoms with van der Waals surface area (Å²) in [5, 5.41) is 12.5. The van der Waals surface area contributed by atoms with Gasteiger partial charge in [0.25, 0.3) is 5.91 Å². The minimum absolute atomic E-state index is 0.244. The van der Waals surface area contributed by atoms with Crippen LogP contribution in [-0.2, 0) is 0 Å². The van der Waals surface area contributed by atoms with Gasteiger partial charge in [-0.3, -0.25) is 4.79 Å². The van der Waals surface area contributed by atoms with Crippen molar-refractivity contribution >= 4 is 11.6 Å². The predicted molar refractivity (Wildman–Crippen MR) is 67.9 cm³/mol. The standard InChI is InChI=1S/C12H10N6O/c19-12(11-7-14-17-16-11)15-9-2-1-3-10(6-9)18-5-4-13-8-18/h1-8H,(H,15,19)(H,14,16,17). The van der Waals surface area contributed by atoms with E-state index in [2.05, 4.69) is 25.7 Å². The van der Waals surface area contributed by atoms with Crippen LogP contribution >= 0.6 is 0 Å². The van der Waals surface area contributed by atoms with E-state index in [0.717, 1.165) is 5.69 Å². The number of hydrogen-bond donors (Lipinski definition) is 2. The van der Waals surface area contributed by atoms with Crippen LogP contribution in [-0.4, -0.2) is 30.9 Å². The lowest BCUT2D eigenvalue weighted by Crippen LogP contribution is -2.12. The van der Waals surface area contributed by atoms with Crippen molar-refractivity contribution in [3.05, 3.63) is 54.9 Å². The molecule has 0 saturated heterocycles. The Labute approximate surface area is 108 Å². The number of H-pyrrole nitrogens is 1. The van der Waals surface area contributed by atoms with Gasteiger partial charge in [0, 0.05) is 23.8 Å². The SMILES string of the molecule is O=C(Nc1cccc(-n2ccnc2)c1)c1cn[nH]n1. The second-order valence-electron chi connectivity index (χ2n) is 3.83. The number of amides is 1. The molecule has 19 heavy (non-hydrogen) atoms. The van der Waals surface area contributed by atoms with Crippen molar-refractivity contribution in [3.8, 4) is 5.69 Å². The van der Waals surface area contributed by atoms with Gasteiger partial charge in [0.15, 0.2) is 5.69 Å². The summed E-state index contributed by atoms with van der Waals surface area (Å²) in [5.41, 5.74) is 1.84. The number of nitrogens with zero attached hydrogens (tertiary/aromatic N) is 4. The van der Waals surface area contributed by atoms with E-state index in [1.54, 1.807) is 18.6 Å². The molecule has 7 heteroatoms. The Morgan fingerprint density at radius 3 is 3.05 bits per heavy atom. The first-order valence-electron chi connectivity index (χ1n) is 5.58. The average Bonchev–Trinajstić information content (AvgIpc) is 3.13. The number of aromatic amines is 1. The van der Waals surface area contributed by atoms with Crippen LogP contribution in [0.5, 0.6) is 0 Å². The fourth-order valence-electron chi connectivity index (χ4n) is 1.66. The molecule has 0 aliphatic heterocycles. The molecule has 3 rings (SSSR count). The topological polar surface area (TPSA) is 88.5 Å². The zero-order valence-electron chi connectivity index (χ0n) is 9.82. The van der Waals surface area contributed by atoms with Crippen LogP contribution in [0.2, 0.25) is 0 Å². The Hall–Kier alpha value is -2.96. The Morgan fingerprint density at radius 2 is 2.32 bits per heavy atom. The summed E-state index contributed by atoms with van der Waals surface area (Å²) < 4.78 is 1.85. The number of hydrogen-bond acceptors (Lipinski definition) is 4. The van der Waals surface area contributed by atoms with Gasteiger partial charge in [0.1, 0.15) is 0 Å². The smallest absolute Gasteiger partial charge is 0.277 e. The van der Waals surface area contributed by atoms with Crippen molar-refractivity contribution in [1.29, 1.82) is 0 Å². The third-order valence-corrected chi connectivity index (χ3v) is 2.55. The largest absolute Gasteiger partial charge is 0.320 e. The summed E-state index contributed by atoms with van der Waals surface area (Å²) in [5.74, 6) is -0.309. The summed E-state index contributed by atoms with van der Waals surface area (Å²) in [6.07, 6.45) is 6.59. The lowest BCUT2D eigenvalue weighted by atomic mass is 10.2. The van der Waals surface area contributed by atoms with Crippen molar-refractivity contribution in [2.45, 2.75) is 0 Å². The van der Waals surface area contributed by atoms with E-state index in [4.69, 9.17) is 0 Å². The second kappa shape index (κ2) is 4.73. The molecule has 0 spiro atoms. The molecule has 94 valence electrons. The van der Waals surface area contributed by atoms with E-state index in [1.807, 2.05) is 29.0 Å². The molecule has 0 radical (unpaired) electrons. The number of carbonyl (C=O) groups excluding carboxylic acids is 1. The zero-order valence-corrected chi connectivity index (χ0v) is 9.82. The normalized spacial score (nSPS) is 10.3. The van der Waals surface area contributed by atoms with E-state index in [-0.39, 0.29) is 11.6 Å². The molecule has 0 bridgehead atoms. The summed E-state index contributed by atoms with van der Waals surface area (Å²) in [6, 6.07) is 7.43. The lowest BCUT2D eigenvalue weighted by Gasteiger charge is -2.06. The van der Waals surface area contributed by atoms with Crippen LogP contribution in [0.4, 0.5) is 5.69 Å². The summed E-state index contributed by atoms with van der Waals surface area (Å²) >= 11 is 0. The fourth-order valence-corrected chi connectivity index (χ4v) is 1.66. The highest BCUT2D eigenvalue weighted by Crippen LogP contribution is 2.14. The minimum Gasteiger partial charge on any atom is -0.320 e. The van der Waals surface area contributed by atoms with Gasteiger partial charge in [-0.05, 0) is 18.2 Å². The highest BCUT2D eigenvalue weighted by Gasteiger charge is 2.09. The van der Waals surface area contributed by atoms with Crippen LogP contribution in [0.15, 0.2) is 49.2 Å². The molecular formula is C12H10N6O.